The predicted molar refractivity (Wildman–Crippen MR) is 66.6 cm³/mol. The number of carbonyl (C=O) groups is 2. The standard InChI is InChI=1S/C13H16FN3O2/c14-11-10(2-1-7-16-11)13(19)17-9-5-3-8(4-6-9)12(15)18/h1-2,7-9H,3-6H2,(H2,15,18)(H,17,19). The first-order valence-corrected chi connectivity index (χ1v) is 6.28. The van der Waals surface area contributed by atoms with E-state index in [1.807, 2.05) is 0 Å². The maximum atomic E-state index is 13.3. The van der Waals surface area contributed by atoms with Crippen molar-refractivity contribution in [3.63, 3.8) is 0 Å². The van der Waals surface area contributed by atoms with Crippen LogP contribution in [0, 0.1) is 11.9 Å². The van der Waals surface area contributed by atoms with Crippen LogP contribution in [0.15, 0.2) is 18.3 Å². The number of hydrogen-bond acceptors (Lipinski definition) is 3. The second kappa shape index (κ2) is 5.77. The number of nitrogens with one attached hydrogen (secondary N) is 1. The molecule has 2 amide bonds. The fourth-order valence-corrected chi connectivity index (χ4v) is 2.34. The van der Waals surface area contributed by atoms with E-state index in [1.165, 1.54) is 18.3 Å². The van der Waals surface area contributed by atoms with E-state index in [4.69, 9.17) is 5.73 Å². The predicted octanol–water partition coefficient (Wildman–Crippen LogP) is 0.995. The molecule has 1 fully saturated rings. The summed E-state index contributed by atoms with van der Waals surface area (Å²) in [4.78, 5) is 26.3. The van der Waals surface area contributed by atoms with E-state index in [-0.39, 0.29) is 23.4 Å². The Morgan fingerprint density at radius 1 is 1.32 bits per heavy atom. The van der Waals surface area contributed by atoms with Gasteiger partial charge in [0.1, 0.15) is 0 Å². The molecule has 0 radical (unpaired) electrons. The summed E-state index contributed by atoms with van der Waals surface area (Å²) >= 11 is 0. The van der Waals surface area contributed by atoms with Gasteiger partial charge in [0.2, 0.25) is 11.9 Å². The highest BCUT2D eigenvalue weighted by atomic mass is 19.1. The third kappa shape index (κ3) is 3.27. The molecule has 0 spiro atoms. The summed E-state index contributed by atoms with van der Waals surface area (Å²) in [6.45, 7) is 0. The molecule has 0 aliphatic heterocycles. The van der Waals surface area contributed by atoms with Gasteiger partial charge in [0.25, 0.3) is 5.91 Å². The first-order valence-electron chi connectivity index (χ1n) is 6.28. The smallest absolute Gasteiger partial charge is 0.256 e. The Morgan fingerprint density at radius 2 is 2.00 bits per heavy atom. The van der Waals surface area contributed by atoms with E-state index < -0.39 is 11.9 Å². The lowest BCUT2D eigenvalue weighted by Gasteiger charge is -2.27. The number of hydrogen-bond donors (Lipinski definition) is 2. The Morgan fingerprint density at radius 3 is 2.58 bits per heavy atom. The van der Waals surface area contributed by atoms with Gasteiger partial charge in [-0.15, -0.1) is 0 Å². The van der Waals surface area contributed by atoms with Gasteiger partial charge in [-0.2, -0.15) is 4.39 Å². The van der Waals surface area contributed by atoms with Crippen LogP contribution in [0.3, 0.4) is 0 Å². The second-order valence-corrected chi connectivity index (χ2v) is 4.77. The van der Waals surface area contributed by atoms with Gasteiger partial charge >= 0.3 is 0 Å². The van der Waals surface area contributed by atoms with Crippen molar-refractivity contribution in [3.05, 3.63) is 29.8 Å². The van der Waals surface area contributed by atoms with Crippen LogP contribution in [0.1, 0.15) is 36.0 Å². The zero-order chi connectivity index (χ0) is 13.8. The summed E-state index contributed by atoms with van der Waals surface area (Å²) in [5.41, 5.74) is 5.18. The molecule has 0 aromatic carbocycles. The van der Waals surface area contributed by atoms with Crippen molar-refractivity contribution in [3.8, 4) is 0 Å². The van der Waals surface area contributed by atoms with Crippen LogP contribution < -0.4 is 11.1 Å². The minimum Gasteiger partial charge on any atom is -0.369 e. The molecule has 2 rings (SSSR count). The zero-order valence-corrected chi connectivity index (χ0v) is 10.4. The molecule has 1 aromatic heterocycles. The van der Waals surface area contributed by atoms with Crippen molar-refractivity contribution in [1.82, 2.24) is 10.3 Å². The van der Waals surface area contributed by atoms with Crippen LogP contribution in [0.4, 0.5) is 4.39 Å². The quantitative estimate of drug-likeness (QED) is 0.799. The fraction of sp³-hybridized carbons (Fsp3) is 0.462. The molecule has 1 heterocycles. The number of amides is 2. The van der Waals surface area contributed by atoms with Gasteiger partial charge in [0.15, 0.2) is 0 Å². The van der Waals surface area contributed by atoms with Crippen molar-refractivity contribution in [2.24, 2.45) is 11.7 Å². The minimum absolute atomic E-state index is 0.0392. The molecule has 1 aliphatic carbocycles. The number of rotatable bonds is 3. The van der Waals surface area contributed by atoms with Crippen molar-refractivity contribution in [1.29, 1.82) is 0 Å². The summed E-state index contributed by atoms with van der Waals surface area (Å²) in [6, 6.07) is 2.87. The Balaban J connectivity index is 1.91. The first kappa shape index (κ1) is 13.5. The Labute approximate surface area is 110 Å². The molecule has 6 heteroatoms. The van der Waals surface area contributed by atoms with Crippen molar-refractivity contribution < 1.29 is 14.0 Å². The SMILES string of the molecule is NC(=O)C1CCC(NC(=O)c2cccnc2F)CC1. The van der Waals surface area contributed by atoms with Crippen LogP contribution in [0.5, 0.6) is 0 Å². The van der Waals surface area contributed by atoms with Crippen LogP contribution in [0.25, 0.3) is 0 Å². The first-order chi connectivity index (χ1) is 9.08. The molecule has 3 N–H and O–H groups in total. The van der Waals surface area contributed by atoms with Crippen LogP contribution in [0.2, 0.25) is 0 Å². The largest absolute Gasteiger partial charge is 0.369 e. The summed E-state index contributed by atoms with van der Waals surface area (Å²) in [6.07, 6.45) is 3.98. The third-order valence-electron chi connectivity index (χ3n) is 3.47. The van der Waals surface area contributed by atoms with E-state index in [9.17, 15) is 14.0 Å². The molecule has 102 valence electrons. The van der Waals surface area contributed by atoms with Gasteiger partial charge in [0, 0.05) is 18.2 Å². The molecule has 1 aromatic rings. The fourth-order valence-electron chi connectivity index (χ4n) is 2.34. The van der Waals surface area contributed by atoms with Gasteiger partial charge < -0.3 is 11.1 Å². The maximum Gasteiger partial charge on any atom is 0.256 e. The molecule has 0 unspecified atom stereocenters. The lowest BCUT2D eigenvalue weighted by atomic mass is 9.85. The normalized spacial score (nSPS) is 22.8. The number of nitrogens with zero attached hydrogens (tertiary/aromatic N) is 1. The molecular formula is C13H16FN3O2. The Kier molecular flexibility index (Phi) is 4.09. The van der Waals surface area contributed by atoms with E-state index in [0.29, 0.717) is 25.7 Å². The second-order valence-electron chi connectivity index (χ2n) is 4.77. The summed E-state index contributed by atoms with van der Waals surface area (Å²) in [5, 5.41) is 2.76. The van der Waals surface area contributed by atoms with Crippen molar-refractivity contribution in [2.75, 3.05) is 0 Å². The monoisotopic (exact) mass is 265 g/mol. The highest BCUT2D eigenvalue weighted by Gasteiger charge is 2.26. The van der Waals surface area contributed by atoms with Crippen molar-refractivity contribution in [2.45, 2.75) is 31.7 Å². The number of halogens is 1. The van der Waals surface area contributed by atoms with Crippen LogP contribution >= 0.6 is 0 Å². The van der Waals surface area contributed by atoms with Crippen LogP contribution in [-0.4, -0.2) is 22.8 Å². The average molecular weight is 265 g/mol. The number of pyridine rings is 1. The van der Waals surface area contributed by atoms with Gasteiger partial charge in [-0.3, -0.25) is 9.59 Å². The molecule has 0 atom stereocenters. The summed E-state index contributed by atoms with van der Waals surface area (Å²) in [5.74, 6) is -1.63. The number of aromatic nitrogens is 1. The highest BCUT2D eigenvalue weighted by molar-refractivity contribution is 5.94. The van der Waals surface area contributed by atoms with Crippen molar-refractivity contribution >= 4 is 11.8 Å². The Bertz CT molecular complexity index is 485. The van der Waals surface area contributed by atoms with Gasteiger partial charge in [-0.05, 0) is 37.8 Å². The molecule has 0 bridgehead atoms. The van der Waals surface area contributed by atoms with Gasteiger partial charge in [-0.25, -0.2) is 4.98 Å². The van der Waals surface area contributed by atoms with Gasteiger partial charge in [0.05, 0.1) is 5.56 Å². The lowest BCUT2D eigenvalue weighted by molar-refractivity contribution is -0.122. The Hall–Kier alpha value is -1.98. The molecule has 0 saturated heterocycles. The molecule has 1 aliphatic rings. The van der Waals surface area contributed by atoms with E-state index in [0.717, 1.165) is 0 Å². The highest BCUT2D eigenvalue weighted by Crippen LogP contribution is 2.24. The molecule has 1 saturated carbocycles. The molecule has 19 heavy (non-hydrogen) atoms. The van der Waals surface area contributed by atoms with E-state index in [1.54, 1.807) is 0 Å². The zero-order valence-electron chi connectivity index (χ0n) is 10.4. The molecule has 5 nitrogen and oxygen atoms in total. The number of primary amides is 1. The summed E-state index contributed by atoms with van der Waals surface area (Å²) in [7, 11) is 0. The topological polar surface area (TPSA) is 85.1 Å². The lowest BCUT2D eigenvalue weighted by Crippen LogP contribution is -2.40. The van der Waals surface area contributed by atoms with E-state index >= 15 is 0 Å². The van der Waals surface area contributed by atoms with E-state index in [2.05, 4.69) is 10.3 Å². The molecular weight excluding hydrogens is 249 g/mol. The third-order valence-corrected chi connectivity index (χ3v) is 3.47. The average Bonchev–Trinajstić information content (AvgIpc) is 2.39. The summed E-state index contributed by atoms with van der Waals surface area (Å²) < 4.78 is 13.3. The number of nitrogens with two attached hydrogens (primary N) is 1. The maximum absolute atomic E-state index is 13.3. The van der Waals surface area contributed by atoms with Crippen LogP contribution in [-0.2, 0) is 4.79 Å². The number of carbonyl (C=O) groups excluding carboxylic acids is 2. The van der Waals surface area contributed by atoms with Gasteiger partial charge in [-0.1, -0.05) is 0 Å². The minimum atomic E-state index is -0.772.